The molecule has 1 aromatic heterocycles. The second-order valence-corrected chi connectivity index (χ2v) is 5.14. The van der Waals surface area contributed by atoms with Crippen LogP contribution >= 0.6 is 0 Å². The molecule has 1 amide bonds. The quantitative estimate of drug-likeness (QED) is 0.560. The molecule has 128 valence electrons. The van der Waals surface area contributed by atoms with Crippen molar-refractivity contribution in [1.82, 2.24) is 4.57 Å². The third-order valence-corrected chi connectivity index (χ3v) is 3.52. The first-order valence-electron chi connectivity index (χ1n) is 7.19. The van der Waals surface area contributed by atoms with Gasteiger partial charge >= 0.3 is 5.76 Å². The van der Waals surface area contributed by atoms with Crippen LogP contribution < -0.4 is 15.8 Å². The summed E-state index contributed by atoms with van der Waals surface area (Å²) in [7, 11) is 1.50. The lowest BCUT2D eigenvalue weighted by Gasteiger charge is -2.07. The van der Waals surface area contributed by atoms with Crippen LogP contribution in [0.25, 0.3) is 11.1 Å². The highest BCUT2D eigenvalue weighted by Crippen LogP contribution is 2.20. The lowest BCUT2D eigenvalue weighted by Crippen LogP contribution is -2.24. The van der Waals surface area contributed by atoms with Crippen molar-refractivity contribution in [3.8, 4) is 5.75 Å². The third kappa shape index (κ3) is 3.34. The Morgan fingerprint density at radius 3 is 2.84 bits per heavy atom. The molecule has 25 heavy (non-hydrogen) atoms. The fourth-order valence-corrected chi connectivity index (χ4v) is 2.36. The third-order valence-electron chi connectivity index (χ3n) is 3.52. The van der Waals surface area contributed by atoms with E-state index in [1.165, 1.54) is 25.3 Å². The number of nitrogens with zero attached hydrogens (tertiary/aromatic N) is 2. The second-order valence-electron chi connectivity index (χ2n) is 5.14. The van der Waals surface area contributed by atoms with Gasteiger partial charge in [0.2, 0.25) is 5.91 Å². The number of methoxy groups -OCH3 is 1. The summed E-state index contributed by atoms with van der Waals surface area (Å²) in [6.07, 6.45) is 0. The molecule has 0 aliphatic heterocycles. The lowest BCUT2D eigenvalue weighted by molar-refractivity contribution is -0.384. The number of oxazole rings is 1. The van der Waals surface area contributed by atoms with Gasteiger partial charge in [-0.15, -0.1) is 0 Å². The van der Waals surface area contributed by atoms with E-state index in [1.807, 2.05) is 0 Å². The highest BCUT2D eigenvalue weighted by atomic mass is 16.6. The summed E-state index contributed by atoms with van der Waals surface area (Å²) in [5.74, 6) is -0.680. The first kappa shape index (κ1) is 16.2. The van der Waals surface area contributed by atoms with Crippen LogP contribution in [-0.2, 0) is 11.3 Å². The predicted molar refractivity (Wildman–Crippen MR) is 88.8 cm³/mol. The molecule has 0 spiro atoms. The number of carbonyl (C=O) groups is 1. The zero-order chi connectivity index (χ0) is 18.0. The molecule has 1 heterocycles. The smallest absolute Gasteiger partial charge is 0.420 e. The number of carbonyl (C=O) groups excluding carboxylic acids is 1. The van der Waals surface area contributed by atoms with Crippen LogP contribution in [0.4, 0.5) is 11.4 Å². The van der Waals surface area contributed by atoms with Crippen molar-refractivity contribution in [1.29, 1.82) is 0 Å². The van der Waals surface area contributed by atoms with Gasteiger partial charge in [-0.05, 0) is 18.2 Å². The SMILES string of the molecule is COc1cccc(NC(=O)Cn2c(=O)oc3ccc([N+](=O)[O-])cc32)c1. The van der Waals surface area contributed by atoms with Gasteiger partial charge in [-0.3, -0.25) is 19.5 Å². The molecular formula is C16H13N3O6. The van der Waals surface area contributed by atoms with Crippen LogP contribution in [-0.4, -0.2) is 22.5 Å². The van der Waals surface area contributed by atoms with Crippen molar-refractivity contribution in [2.75, 3.05) is 12.4 Å². The van der Waals surface area contributed by atoms with Gasteiger partial charge in [0.25, 0.3) is 5.69 Å². The van der Waals surface area contributed by atoms with Crippen molar-refractivity contribution in [2.24, 2.45) is 0 Å². The van der Waals surface area contributed by atoms with E-state index in [9.17, 15) is 19.7 Å². The Balaban J connectivity index is 1.87. The van der Waals surface area contributed by atoms with Gasteiger partial charge in [0.05, 0.1) is 17.5 Å². The molecule has 9 heteroatoms. The first-order valence-corrected chi connectivity index (χ1v) is 7.19. The maximum absolute atomic E-state index is 12.2. The van der Waals surface area contributed by atoms with Gasteiger partial charge in [-0.2, -0.15) is 0 Å². The Bertz CT molecular complexity index is 1020. The summed E-state index contributed by atoms with van der Waals surface area (Å²) in [5, 5.41) is 13.5. The predicted octanol–water partition coefficient (Wildman–Crippen LogP) is 2.15. The zero-order valence-electron chi connectivity index (χ0n) is 13.1. The summed E-state index contributed by atoms with van der Waals surface area (Å²) < 4.78 is 11.1. The van der Waals surface area contributed by atoms with Gasteiger partial charge < -0.3 is 14.5 Å². The number of fused-ring (bicyclic) bond motifs is 1. The largest absolute Gasteiger partial charge is 0.497 e. The summed E-state index contributed by atoms with van der Waals surface area (Å²) in [6, 6.07) is 10.5. The standard InChI is InChI=1S/C16H13N3O6/c1-24-12-4-2-3-10(7-12)17-15(20)9-18-13-8-11(19(22)23)5-6-14(13)25-16(18)21/h2-8H,9H2,1H3,(H,17,20). The maximum atomic E-state index is 12.2. The average Bonchev–Trinajstić information content (AvgIpc) is 2.89. The van der Waals surface area contributed by atoms with Crippen LogP contribution in [0.3, 0.4) is 0 Å². The zero-order valence-corrected chi connectivity index (χ0v) is 13.1. The van der Waals surface area contributed by atoms with Crippen LogP contribution in [0.2, 0.25) is 0 Å². The summed E-state index contributed by atoms with van der Waals surface area (Å²) in [4.78, 5) is 34.4. The van der Waals surface area contributed by atoms with Gasteiger partial charge in [0, 0.05) is 23.9 Å². The van der Waals surface area contributed by atoms with E-state index in [1.54, 1.807) is 24.3 Å². The van der Waals surface area contributed by atoms with E-state index in [4.69, 9.17) is 9.15 Å². The number of nitro groups is 1. The van der Waals surface area contributed by atoms with Gasteiger partial charge in [-0.25, -0.2) is 4.79 Å². The highest BCUT2D eigenvalue weighted by Gasteiger charge is 2.16. The number of ether oxygens (including phenoxy) is 1. The van der Waals surface area contributed by atoms with E-state index < -0.39 is 16.6 Å². The monoisotopic (exact) mass is 343 g/mol. The summed E-state index contributed by atoms with van der Waals surface area (Å²) >= 11 is 0. The summed E-state index contributed by atoms with van der Waals surface area (Å²) in [5.41, 5.74) is 0.649. The molecule has 0 aliphatic rings. The van der Waals surface area contributed by atoms with Crippen molar-refractivity contribution in [3.63, 3.8) is 0 Å². The van der Waals surface area contributed by atoms with E-state index in [0.717, 1.165) is 4.57 Å². The normalized spacial score (nSPS) is 10.6. The molecule has 0 unspecified atom stereocenters. The number of non-ortho nitro benzene ring substituents is 1. The van der Waals surface area contributed by atoms with E-state index in [0.29, 0.717) is 11.4 Å². The van der Waals surface area contributed by atoms with E-state index in [2.05, 4.69) is 5.32 Å². The first-order chi connectivity index (χ1) is 12.0. The van der Waals surface area contributed by atoms with Crippen LogP contribution in [0.15, 0.2) is 51.7 Å². The average molecular weight is 343 g/mol. The molecule has 3 rings (SSSR count). The van der Waals surface area contributed by atoms with E-state index >= 15 is 0 Å². The molecule has 0 aliphatic carbocycles. The van der Waals surface area contributed by atoms with Gasteiger partial charge in [0.1, 0.15) is 12.3 Å². The molecule has 1 N–H and O–H groups in total. The van der Waals surface area contributed by atoms with Crippen LogP contribution in [0.1, 0.15) is 0 Å². The minimum absolute atomic E-state index is 0.171. The lowest BCUT2D eigenvalue weighted by atomic mass is 10.3. The Kier molecular flexibility index (Phi) is 4.21. The van der Waals surface area contributed by atoms with Crippen molar-refractivity contribution < 1.29 is 18.9 Å². The Morgan fingerprint density at radius 2 is 2.12 bits per heavy atom. The molecule has 0 fully saturated rings. The number of hydrogen-bond donors (Lipinski definition) is 1. The molecule has 2 aromatic carbocycles. The Labute approximate surface area is 140 Å². The number of hydrogen-bond acceptors (Lipinski definition) is 6. The second kappa shape index (κ2) is 6.48. The summed E-state index contributed by atoms with van der Waals surface area (Å²) in [6.45, 7) is -0.343. The number of nitro benzene ring substituents is 1. The number of rotatable bonds is 5. The number of benzene rings is 2. The molecular weight excluding hydrogens is 330 g/mol. The highest BCUT2D eigenvalue weighted by molar-refractivity contribution is 5.91. The molecule has 3 aromatic rings. The molecule has 0 saturated carbocycles. The Morgan fingerprint density at radius 1 is 1.32 bits per heavy atom. The topological polar surface area (TPSA) is 117 Å². The molecule has 9 nitrogen and oxygen atoms in total. The van der Waals surface area contributed by atoms with Crippen molar-refractivity contribution >= 4 is 28.4 Å². The maximum Gasteiger partial charge on any atom is 0.420 e. The molecule has 0 radical (unpaired) electrons. The van der Waals surface area contributed by atoms with Gasteiger partial charge in [0.15, 0.2) is 5.58 Å². The van der Waals surface area contributed by atoms with Gasteiger partial charge in [-0.1, -0.05) is 6.07 Å². The van der Waals surface area contributed by atoms with E-state index in [-0.39, 0.29) is 23.3 Å². The molecule has 0 atom stereocenters. The minimum Gasteiger partial charge on any atom is -0.497 e. The number of aromatic nitrogens is 1. The number of anilines is 1. The fraction of sp³-hybridized carbons (Fsp3) is 0.125. The molecule has 0 saturated heterocycles. The minimum atomic E-state index is -0.767. The number of amides is 1. The molecule has 0 bridgehead atoms. The Hall–Kier alpha value is -3.62. The van der Waals surface area contributed by atoms with Crippen LogP contribution in [0, 0.1) is 10.1 Å². The van der Waals surface area contributed by atoms with Crippen molar-refractivity contribution in [2.45, 2.75) is 6.54 Å². The fourth-order valence-electron chi connectivity index (χ4n) is 2.36. The van der Waals surface area contributed by atoms with Crippen molar-refractivity contribution in [3.05, 3.63) is 63.1 Å². The number of nitrogens with one attached hydrogen (secondary N) is 1. The van der Waals surface area contributed by atoms with Crippen LogP contribution in [0.5, 0.6) is 5.75 Å².